The predicted molar refractivity (Wildman–Crippen MR) is 125 cm³/mol. The summed E-state index contributed by atoms with van der Waals surface area (Å²) >= 11 is 0. The van der Waals surface area contributed by atoms with E-state index in [4.69, 9.17) is 9.84 Å². The third kappa shape index (κ3) is 5.00. The first kappa shape index (κ1) is 24.7. The van der Waals surface area contributed by atoms with Crippen LogP contribution in [0.5, 0.6) is 0 Å². The molecule has 1 aliphatic carbocycles. The van der Waals surface area contributed by atoms with Gasteiger partial charge < -0.3 is 19.6 Å². The van der Waals surface area contributed by atoms with Crippen LogP contribution in [0.2, 0.25) is 0 Å². The van der Waals surface area contributed by atoms with Gasteiger partial charge in [0.2, 0.25) is 0 Å². The molecule has 0 aromatic heterocycles. The molecule has 1 aromatic rings. The molecule has 7 nitrogen and oxygen atoms in total. The first-order chi connectivity index (χ1) is 15.4. The third-order valence-electron chi connectivity index (χ3n) is 7.45. The van der Waals surface area contributed by atoms with Crippen LogP contribution in [-0.4, -0.2) is 91.2 Å². The maximum atomic E-state index is 13.3. The Labute approximate surface area is 192 Å². The molecule has 7 heteroatoms. The van der Waals surface area contributed by atoms with Crippen LogP contribution < -0.4 is 0 Å². The maximum Gasteiger partial charge on any atom is 0.321 e. The summed E-state index contributed by atoms with van der Waals surface area (Å²) in [5.41, 5.74) is 1.04. The van der Waals surface area contributed by atoms with Crippen LogP contribution in [0.25, 0.3) is 0 Å². The fraction of sp³-hybridized carbons (Fsp3) is 0.680. The molecule has 2 fully saturated rings. The highest BCUT2D eigenvalue weighted by Gasteiger charge is 2.54. The summed E-state index contributed by atoms with van der Waals surface area (Å²) in [6, 6.07) is 10.6. The smallest absolute Gasteiger partial charge is 0.321 e. The number of carbonyl (C=O) groups is 2. The van der Waals surface area contributed by atoms with Gasteiger partial charge in [0.15, 0.2) is 5.78 Å². The zero-order chi connectivity index (χ0) is 23.2. The average Bonchev–Trinajstić information content (AvgIpc) is 3.04. The van der Waals surface area contributed by atoms with Crippen molar-refractivity contribution < 1.29 is 19.4 Å². The van der Waals surface area contributed by atoms with E-state index in [-0.39, 0.29) is 36.0 Å². The van der Waals surface area contributed by atoms with Gasteiger partial charge in [0.05, 0.1) is 12.1 Å². The van der Waals surface area contributed by atoms with Gasteiger partial charge in [-0.05, 0) is 58.2 Å². The quantitative estimate of drug-likeness (QED) is 0.530. The van der Waals surface area contributed by atoms with Gasteiger partial charge >= 0.3 is 6.03 Å². The first-order valence-electron chi connectivity index (χ1n) is 11.8. The third-order valence-corrected chi connectivity index (χ3v) is 7.45. The minimum absolute atomic E-state index is 0.00112. The maximum absolute atomic E-state index is 13.3. The van der Waals surface area contributed by atoms with E-state index in [1.54, 1.807) is 12.0 Å². The Hall–Kier alpha value is -1.96. The Kier molecular flexibility index (Phi) is 8.31. The van der Waals surface area contributed by atoms with E-state index in [1.807, 2.05) is 4.90 Å². The number of Topliss-reactive ketones (excluding diaryl/α,β-unsaturated/α-hetero) is 1. The molecule has 2 amide bonds. The second kappa shape index (κ2) is 10.8. The van der Waals surface area contributed by atoms with Gasteiger partial charge in [0, 0.05) is 45.4 Å². The van der Waals surface area contributed by atoms with E-state index >= 15 is 0 Å². The van der Waals surface area contributed by atoms with Crippen molar-refractivity contribution >= 4 is 11.8 Å². The van der Waals surface area contributed by atoms with Gasteiger partial charge in [-0.3, -0.25) is 9.69 Å². The van der Waals surface area contributed by atoms with E-state index < -0.39 is 0 Å². The normalized spacial score (nSPS) is 25.8. The molecular formula is C25H39N3O4. The topological polar surface area (TPSA) is 73.3 Å². The van der Waals surface area contributed by atoms with Crippen molar-refractivity contribution in [2.45, 2.75) is 56.0 Å². The molecule has 32 heavy (non-hydrogen) atoms. The number of ether oxygens (including phenoxy) is 1. The van der Waals surface area contributed by atoms with Crippen LogP contribution in [-0.2, 0) is 15.1 Å². The second-order valence-electron chi connectivity index (χ2n) is 9.52. The molecule has 1 aromatic carbocycles. The van der Waals surface area contributed by atoms with Crippen molar-refractivity contribution in [2.24, 2.45) is 0 Å². The first-order valence-corrected chi connectivity index (χ1v) is 11.8. The molecule has 0 atom stereocenters. The molecule has 1 heterocycles. The van der Waals surface area contributed by atoms with Crippen molar-refractivity contribution in [2.75, 3.05) is 54.1 Å². The van der Waals surface area contributed by atoms with Crippen molar-refractivity contribution in [3.05, 3.63) is 35.9 Å². The van der Waals surface area contributed by atoms with Gasteiger partial charge in [-0.2, -0.15) is 0 Å². The number of methoxy groups -OCH3 is 1. The van der Waals surface area contributed by atoms with Crippen molar-refractivity contribution in [1.29, 1.82) is 0 Å². The lowest BCUT2D eigenvalue weighted by atomic mass is 9.68. The number of rotatable bonds is 11. The van der Waals surface area contributed by atoms with E-state index in [2.05, 4.69) is 49.3 Å². The SMILES string of the molecule is COCCCN1C(=O)N(CC(=O)CCCO)CC12CCC(c1ccccc1)(N(C)C)CC2. The molecule has 3 rings (SSSR count). The molecular weight excluding hydrogens is 406 g/mol. The lowest BCUT2D eigenvalue weighted by Crippen LogP contribution is -2.55. The minimum Gasteiger partial charge on any atom is -0.396 e. The van der Waals surface area contributed by atoms with Gasteiger partial charge in [-0.15, -0.1) is 0 Å². The molecule has 1 N–H and O–H groups in total. The van der Waals surface area contributed by atoms with Crippen LogP contribution in [0, 0.1) is 0 Å². The summed E-state index contributed by atoms with van der Waals surface area (Å²) in [6.07, 6.45) is 5.28. The van der Waals surface area contributed by atoms with Crippen LogP contribution in [0.1, 0.15) is 50.5 Å². The molecule has 178 valence electrons. The van der Waals surface area contributed by atoms with Gasteiger partial charge in [0.1, 0.15) is 0 Å². The molecule has 1 spiro atoms. The number of benzene rings is 1. The van der Waals surface area contributed by atoms with Crippen LogP contribution >= 0.6 is 0 Å². The van der Waals surface area contributed by atoms with Gasteiger partial charge in [-0.1, -0.05) is 30.3 Å². The summed E-state index contributed by atoms with van der Waals surface area (Å²) in [5.74, 6) is 0.0176. The lowest BCUT2D eigenvalue weighted by Gasteiger charge is -2.51. The number of ketones is 1. The van der Waals surface area contributed by atoms with Crippen LogP contribution in [0.15, 0.2) is 30.3 Å². The highest BCUT2D eigenvalue weighted by Crippen LogP contribution is 2.48. The number of carbonyl (C=O) groups excluding carboxylic acids is 2. The number of aliphatic hydroxyl groups is 1. The van der Waals surface area contributed by atoms with E-state index in [0.29, 0.717) is 32.5 Å². The molecule has 0 radical (unpaired) electrons. The molecule has 1 saturated heterocycles. The number of aliphatic hydroxyl groups excluding tert-OH is 1. The monoisotopic (exact) mass is 445 g/mol. The van der Waals surface area contributed by atoms with Crippen LogP contribution in [0.3, 0.4) is 0 Å². The lowest BCUT2D eigenvalue weighted by molar-refractivity contribution is -0.119. The number of urea groups is 1. The Morgan fingerprint density at radius 2 is 1.81 bits per heavy atom. The largest absolute Gasteiger partial charge is 0.396 e. The fourth-order valence-corrected chi connectivity index (χ4v) is 5.57. The van der Waals surface area contributed by atoms with Crippen molar-refractivity contribution in [3.8, 4) is 0 Å². The van der Waals surface area contributed by atoms with Crippen LogP contribution in [0.4, 0.5) is 4.79 Å². The molecule has 0 unspecified atom stereocenters. The van der Waals surface area contributed by atoms with Gasteiger partial charge in [0.25, 0.3) is 0 Å². The summed E-state index contributed by atoms with van der Waals surface area (Å²) in [5, 5.41) is 9.02. The van der Waals surface area contributed by atoms with E-state index in [0.717, 1.165) is 32.1 Å². The van der Waals surface area contributed by atoms with Crippen molar-refractivity contribution in [1.82, 2.24) is 14.7 Å². The fourth-order valence-electron chi connectivity index (χ4n) is 5.57. The second-order valence-corrected chi connectivity index (χ2v) is 9.52. The summed E-state index contributed by atoms with van der Waals surface area (Å²) < 4.78 is 5.23. The zero-order valence-electron chi connectivity index (χ0n) is 19.9. The predicted octanol–water partition coefficient (Wildman–Crippen LogP) is 2.87. The summed E-state index contributed by atoms with van der Waals surface area (Å²) in [7, 11) is 5.97. The Morgan fingerprint density at radius 3 is 2.41 bits per heavy atom. The Bertz CT molecular complexity index is 760. The van der Waals surface area contributed by atoms with E-state index in [1.165, 1.54) is 5.56 Å². The molecule has 1 saturated carbocycles. The highest BCUT2D eigenvalue weighted by atomic mass is 16.5. The summed E-state index contributed by atoms with van der Waals surface area (Å²) in [4.78, 5) is 31.8. The van der Waals surface area contributed by atoms with Gasteiger partial charge in [-0.25, -0.2) is 4.79 Å². The number of amides is 2. The number of nitrogens with zero attached hydrogens (tertiary/aromatic N) is 3. The number of hydrogen-bond donors (Lipinski definition) is 1. The highest BCUT2D eigenvalue weighted by molar-refractivity contribution is 5.87. The molecule has 0 bridgehead atoms. The Balaban J connectivity index is 1.80. The van der Waals surface area contributed by atoms with E-state index in [9.17, 15) is 9.59 Å². The van der Waals surface area contributed by atoms with Crippen molar-refractivity contribution in [3.63, 3.8) is 0 Å². The molecule has 2 aliphatic rings. The average molecular weight is 446 g/mol. The standard InChI is InChI=1S/C25H39N3O4/c1-26(2)25(21-9-5-4-6-10-21)14-12-24(13-15-25)20-27(19-22(30)11-7-17-29)23(31)28(24)16-8-18-32-3/h4-6,9-10,29H,7-8,11-20H2,1-3H3. The number of hydrogen-bond acceptors (Lipinski definition) is 5. The molecule has 1 aliphatic heterocycles. The Morgan fingerprint density at radius 1 is 1.12 bits per heavy atom. The zero-order valence-corrected chi connectivity index (χ0v) is 19.9. The summed E-state index contributed by atoms with van der Waals surface area (Å²) in [6.45, 7) is 2.00. The minimum atomic E-state index is -0.240.